The Morgan fingerprint density at radius 1 is 1.29 bits per heavy atom. The molecule has 1 rings (SSSR count). The van der Waals surface area contributed by atoms with Gasteiger partial charge in [-0.3, -0.25) is 4.79 Å². The molecule has 0 aliphatic heterocycles. The van der Waals surface area contributed by atoms with E-state index in [2.05, 4.69) is 19.2 Å². The van der Waals surface area contributed by atoms with E-state index < -0.39 is 0 Å². The van der Waals surface area contributed by atoms with Crippen molar-refractivity contribution in [2.45, 2.75) is 77.3 Å². The summed E-state index contributed by atoms with van der Waals surface area (Å²) in [7, 11) is 0. The van der Waals surface area contributed by atoms with Gasteiger partial charge < -0.3 is 11.1 Å². The van der Waals surface area contributed by atoms with Gasteiger partial charge in [0.1, 0.15) is 0 Å². The van der Waals surface area contributed by atoms with E-state index in [4.69, 9.17) is 5.73 Å². The Labute approximate surface area is 106 Å². The number of carbonyl (C=O) groups is 1. The summed E-state index contributed by atoms with van der Waals surface area (Å²) >= 11 is 0. The van der Waals surface area contributed by atoms with E-state index >= 15 is 0 Å². The molecule has 1 aliphatic carbocycles. The zero-order valence-corrected chi connectivity index (χ0v) is 11.4. The average Bonchev–Trinajstić information content (AvgIpc) is 2.53. The van der Waals surface area contributed by atoms with Crippen molar-refractivity contribution < 1.29 is 4.79 Å². The largest absolute Gasteiger partial charge is 0.353 e. The SMILES string of the molecule is CCCC(CC)NC(=O)C1CCCCCC1N. The van der Waals surface area contributed by atoms with Gasteiger partial charge in [-0.25, -0.2) is 0 Å². The molecule has 0 spiro atoms. The molecule has 0 aromatic carbocycles. The average molecular weight is 240 g/mol. The van der Waals surface area contributed by atoms with Crippen LogP contribution in [0.3, 0.4) is 0 Å². The summed E-state index contributed by atoms with van der Waals surface area (Å²) < 4.78 is 0. The molecular weight excluding hydrogens is 212 g/mol. The third-order valence-corrected chi connectivity index (χ3v) is 3.88. The fourth-order valence-electron chi connectivity index (χ4n) is 2.70. The van der Waals surface area contributed by atoms with Gasteiger partial charge in [0, 0.05) is 12.1 Å². The van der Waals surface area contributed by atoms with Gasteiger partial charge in [-0.1, -0.05) is 39.5 Å². The first-order chi connectivity index (χ1) is 8.19. The van der Waals surface area contributed by atoms with Crippen LogP contribution in [0.5, 0.6) is 0 Å². The van der Waals surface area contributed by atoms with E-state index in [1.165, 1.54) is 12.8 Å². The van der Waals surface area contributed by atoms with Gasteiger partial charge in [0.2, 0.25) is 5.91 Å². The van der Waals surface area contributed by atoms with Crippen molar-refractivity contribution in [2.75, 3.05) is 0 Å². The highest BCUT2D eigenvalue weighted by Crippen LogP contribution is 2.22. The van der Waals surface area contributed by atoms with E-state index in [1.807, 2.05) is 0 Å². The molecule has 3 N–H and O–H groups in total. The molecule has 0 heterocycles. The summed E-state index contributed by atoms with van der Waals surface area (Å²) in [4.78, 5) is 12.2. The van der Waals surface area contributed by atoms with Crippen LogP contribution in [-0.2, 0) is 4.79 Å². The van der Waals surface area contributed by atoms with E-state index in [9.17, 15) is 4.79 Å². The van der Waals surface area contributed by atoms with Gasteiger partial charge in [0.15, 0.2) is 0 Å². The summed E-state index contributed by atoms with van der Waals surface area (Å²) in [6, 6.07) is 0.402. The predicted molar refractivity (Wildman–Crippen MR) is 71.7 cm³/mol. The number of amides is 1. The number of hydrogen-bond donors (Lipinski definition) is 2. The summed E-state index contributed by atoms with van der Waals surface area (Å²) in [5, 5.41) is 3.18. The highest BCUT2D eigenvalue weighted by Gasteiger charge is 2.27. The molecule has 3 heteroatoms. The van der Waals surface area contributed by atoms with Crippen molar-refractivity contribution >= 4 is 5.91 Å². The van der Waals surface area contributed by atoms with Gasteiger partial charge in [-0.05, 0) is 25.7 Å². The van der Waals surface area contributed by atoms with E-state index in [0.717, 1.165) is 38.5 Å². The molecule has 1 aliphatic rings. The van der Waals surface area contributed by atoms with Crippen LogP contribution in [-0.4, -0.2) is 18.0 Å². The zero-order valence-electron chi connectivity index (χ0n) is 11.4. The lowest BCUT2D eigenvalue weighted by atomic mass is 9.94. The summed E-state index contributed by atoms with van der Waals surface area (Å²) in [5.74, 6) is 0.239. The second-order valence-corrected chi connectivity index (χ2v) is 5.31. The maximum absolute atomic E-state index is 12.2. The quantitative estimate of drug-likeness (QED) is 0.726. The number of carbonyl (C=O) groups excluding carboxylic acids is 1. The van der Waals surface area contributed by atoms with Crippen LogP contribution in [0.15, 0.2) is 0 Å². The molecule has 3 atom stereocenters. The van der Waals surface area contributed by atoms with Crippen molar-refractivity contribution in [2.24, 2.45) is 11.7 Å². The molecule has 0 aromatic heterocycles. The van der Waals surface area contributed by atoms with Gasteiger partial charge in [0.25, 0.3) is 0 Å². The first kappa shape index (κ1) is 14.5. The Morgan fingerprint density at radius 3 is 2.65 bits per heavy atom. The highest BCUT2D eigenvalue weighted by atomic mass is 16.2. The lowest BCUT2D eigenvalue weighted by Gasteiger charge is -2.24. The first-order valence-corrected chi connectivity index (χ1v) is 7.25. The van der Waals surface area contributed by atoms with Gasteiger partial charge in [-0.2, -0.15) is 0 Å². The van der Waals surface area contributed by atoms with Crippen LogP contribution in [0.25, 0.3) is 0 Å². The smallest absolute Gasteiger partial charge is 0.224 e. The van der Waals surface area contributed by atoms with Crippen molar-refractivity contribution in [3.63, 3.8) is 0 Å². The van der Waals surface area contributed by atoms with Crippen molar-refractivity contribution in [3.05, 3.63) is 0 Å². The Morgan fingerprint density at radius 2 is 2.00 bits per heavy atom. The molecule has 100 valence electrons. The second kappa shape index (κ2) is 7.70. The van der Waals surface area contributed by atoms with Crippen LogP contribution in [0.4, 0.5) is 0 Å². The molecule has 3 unspecified atom stereocenters. The molecule has 1 fully saturated rings. The Balaban J connectivity index is 2.48. The van der Waals surface area contributed by atoms with Crippen LogP contribution in [0, 0.1) is 5.92 Å². The molecule has 17 heavy (non-hydrogen) atoms. The minimum Gasteiger partial charge on any atom is -0.353 e. The fraction of sp³-hybridized carbons (Fsp3) is 0.929. The normalized spacial score (nSPS) is 27.2. The van der Waals surface area contributed by atoms with Crippen molar-refractivity contribution in [1.82, 2.24) is 5.32 Å². The van der Waals surface area contributed by atoms with Crippen molar-refractivity contribution in [1.29, 1.82) is 0 Å². The Hall–Kier alpha value is -0.570. The molecule has 0 bridgehead atoms. The number of hydrogen-bond acceptors (Lipinski definition) is 2. The standard InChI is InChI=1S/C14H28N2O/c1-3-8-11(4-2)16-14(17)12-9-6-5-7-10-13(12)15/h11-13H,3-10,15H2,1-2H3,(H,16,17). The minimum absolute atomic E-state index is 0.0448. The Kier molecular flexibility index (Phi) is 6.56. The molecular formula is C14H28N2O. The summed E-state index contributed by atoms with van der Waals surface area (Å²) in [5.41, 5.74) is 6.11. The summed E-state index contributed by atoms with van der Waals surface area (Å²) in [6.45, 7) is 4.29. The number of rotatable bonds is 5. The molecule has 3 nitrogen and oxygen atoms in total. The van der Waals surface area contributed by atoms with E-state index in [0.29, 0.717) is 6.04 Å². The monoisotopic (exact) mass is 240 g/mol. The number of nitrogens with one attached hydrogen (secondary N) is 1. The zero-order chi connectivity index (χ0) is 12.7. The van der Waals surface area contributed by atoms with Gasteiger partial charge in [-0.15, -0.1) is 0 Å². The van der Waals surface area contributed by atoms with E-state index in [1.54, 1.807) is 0 Å². The van der Waals surface area contributed by atoms with Crippen LogP contribution in [0.1, 0.15) is 65.2 Å². The van der Waals surface area contributed by atoms with Crippen LogP contribution in [0.2, 0.25) is 0 Å². The molecule has 0 radical (unpaired) electrons. The topological polar surface area (TPSA) is 55.1 Å². The maximum atomic E-state index is 12.2. The Bertz CT molecular complexity index is 230. The van der Waals surface area contributed by atoms with E-state index in [-0.39, 0.29) is 17.9 Å². The minimum atomic E-state index is 0.0448. The van der Waals surface area contributed by atoms with Gasteiger partial charge >= 0.3 is 0 Å². The predicted octanol–water partition coefficient (Wildman–Crippen LogP) is 2.59. The lowest BCUT2D eigenvalue weighted by Crippen LogP contribution is -2.45. The molecule has 0 aromatic rings. The molecule has 1 amide bonds. The fourth-order valence-corrected chi connectivity index (χ4v) is 2.70. The first-order valence-electron chi connectivity index (χ1n) is 7.25. The summed E-state index contributed by atoms with van der Waals surface area (Å²) in [6.07, 6.45) is 8.73. The number of nitrogens with two attached hydrogens (primary N) is 1. The molecule has 0 saturated heterocycles. The molecule has 1 saturated carbocycles. The van der Waals surface area contributed by atoms with Crippen LogP contribution >= 0.6 is 0 Å². The third-order valence-electron chi connectivity index (χ3n) is 3.88. The van der Waals surface area contributed by atoms with Gasteiger partial charge in [0.05, 0.1) is 5.92 Å². The second-order valence-electron chi connectivity index (χ2n) is 5.31. The third kappa shape index (κ3) is 4.66. The van der Waals surface area contributed by atoms with Crippen molar-refractivity contribution in [3.8, 4) is 0 Å². The lowest BCUT2D eigenvalue weighted by molar-refractivity contribution is -0.126. The highest BCUT2D eigenvalue weighted by molar-refractivity contribution is 5.79. The maximum Gasteiger partial charge on any atom is 0.224 e. The van der Waals surface area contributed by atoms with Crippen LogP contribution < -0.4 is 11.1 Å².